The number of piperazine rings is 1. The van der Waals surface area contributed by atoms with Crippen LogP contribution in [-0.2, 0) is 5.88 Å². The maximum Gasteiger partial charge on any atom is 0.151 e. The Kier molecular flexibility index (Phi) is 3.61. The molecule has 2 heterocycles. The van der Waals surface area contributed by atoms with E-state index < -0.39 is 0 Å². The molecule has 88 valence electrons. The first-order chi connectivity index (χ1) is 7.70. The maximum absolute atomic E-state index is 5.68. The predicted octanol–water partition coefficient (Wildman–Crippen LogP) is 1.36. The van der Waals surface area contributed by atoms with Crippen molar-refractivity contribution in [3.63, 3.8) is 0 Å². The fraction of sp³-hybridized carbons (Fsp3) is 0.636. The highest BCUT2D eigenvalue weighted by atomic mass is 35.5. The molecule has 16 heavy (non-hydrogen) atoms. The molecular formula is C11H17ClN4. The number of nitrogens with zero attached hydrogens (tertiary/aromatic N) is 4. The molecule has 1 aromatic rings. The SMILES string of the molecule is CC1CN(c2ccc(CCl)nn2)CCN1C. The van der Waals surface area contributed by atoms with Gasteiger partial charge in [-0.25, -0.2) is 0 Å². The molecule has 4 nitrogen and oxygen atoms in total. The fourth-order valence-corrected chi connectivity index (χ4v) is 1.99. The summed E-state index contributed by atoms with van der Waals surface area (Å²) in [6, 6.07) is 4.50. The van der Waals surface area contributed by atoms with Crippen molar-refractivity contribution in [1.29, 1.82) is 0 Å². The van der Waals surface area contributed by atoms with Gasteiger partial charge in [-0.3, -0.25) is 0 Å². The van der Waals surface area contributed by atoms with Crippen LogP contribution in [-0.4, -0.2) is 47.8 Å². The third kappa shape index (κ3) is 2.44. The zero-order valence-electron chi connectivity index (χ0n) is 9.73. The van der Waals surface area contributed by atoms with Crippen LogP contribution in [0.1, 0.15) is 12.6 Å². The van der Waals surface area contributed by atoms with Crippen LogP contribution in [0.25, 0.3) is 0 Å². The Balaban J connectivity index is 2.06. The van der Waals surface area contributed by atoms with Crippen molar-refractivity contribution in [2.45, 2.75) is 18.8 Å². The number of likely N-dealkylation sites (N-methyl/N-ethyl adjacent to an activating group) is 1. The lowest BCUT2D eigenvalue weighted by atomic mass is 10.2. The molecule has 0 aliphatic carbocycles. The maximum atomic E-state index is 5.68. The number of aromatic nitrogens is 2. The molecule has 0 N–H and O–H groups in total. The largest absolute Gasteiger partial charge is 0.352 e. The quantitative estimate of drug-likeness (QED) is 0.731. The first kappa shape index (κ1) is 11.6. The lowest BCUT2D eigenvalue weighted by Crippen LogP contribution is -2.50. The van der Waals surface area contributed by atoms with Gasteiger partial charge in [0.25, 0.3) is 0 Å². The summed E-state index contributed by atoms with van der Waals surface area (Å²) in [5.41, 5.74) is 0.826. The number of anilines is 1. The van der Waals surface area contributed by atoms with Gasteiger partial charge < -0.3 is 9.80 Å². The van der Waals surface area contributed by atoms with E-state index in [1.807, 2.05) is 12.1 Å². The van der Waals surface area contributed by atoms with Gasteiger partial charge in [0.2, 0.25) is 0 Å². The Morgan fingerprint density at radius 2 is 2.19 bits per heavy atom. The third-order valence-corrected chi connectivity index (χ3v) is 3.40. The summed E-state index contributed by atoms with van der Waals surface area (Å²) < 4.78 is 0. The van der Waals surface area contributed by atoms with Crippen molar-refractivity contribution >= 4 is 17.4 Å². The molecule has 0 saturated carbocycles. The number of alkyl halides is 1. The van der Waals surface area contributed by atoms with Gasteiger partial charge in [-0.05, 0) is 26.1 Å². The Bertz CT molecular complexity index is 340. The van der Waals surface area contributed by atoms with E-state index in [4.69, 9.17) is 11.6 Å². The first-order valence-electron chi connectivity index (χ1n) is 5.54. The van der Waals surface area contributed by atoms with E-state index in [2.05, 4.69) is 34.0 Å². The number of hydrogen-bond donors (Lipinski definition) is 0. The standard InChI is InChI=1S/C11H17ClN4/c1-9-8-16(6-5-15(9)2)11-4-3-10(7-12)13-14-11/h3-4,9H,5-8H2,1-2H3. The number of halogens is 1. The lowest BCUT2D eigenvalue weighted by molar-refractivity contribution is 0.233. The van der Waals surface area contributed by atoms with Crippen LogP contribution in [0.3, 0.4) is 0 Å². The number of hydrogen-bond acceptors (Lipinski definition) is 4. The van der Waals surface area contributed by atoms with Gasteiger partial charge >= 0.3 is 0 Å². The summed E-state index contributed by atoms with van der Waals surface area (Å²) >= 11 is 5.68. The summed E-state index contributed by atoms with van der Waals surface area (Å²) in [6.45, 7) is 5.31. The van der Waals surface area contributed by atoms with Gasteiger partial charge in [0, 0.05) is 25.7 Å². The fourth-order valence-electron chi connectivity index (χ4n) is 1.85. The topological polar surface area (TPSA) is 32.3 Å². The van der Waals surface area contributed by atoms with Crippen LogP contribution < -0.4 is 4.90 Å². The molecule has 1 saturated heterocycles. The second-order valence-electron chi connectivity index (χ2n) is 4.29. The Labute approximate surface area is 101 Å². The van der Waals surface area contributed by atoms with E-state index in [1.165, 1.54) is 0 Å². The normalized spacial score (nSPS) is 22.4. The second kappa shape index (κ2) is 4.97. The summed E-state index contributed by atoms with van der Waals surface area (Å²) in [5.74, 6) is 1.38. The minimum Gasteiger partial charge on any atom is -0.352 e. The molecule has 1 atom stereocenters. The molecule has 0 bridgehead atoms. The molecule has 2 rings (SSSR count). The van der Waals surface area contributed by atoms with Crippen LogP contribution >= 0.6 is 11.6 Å². The highest BCUT2D eigenvalue weighted by molar-refractivity contribution is 6.16. The highest BCUT2D eigenvalue weighted by Gasteiger charge is 2.21. The predicted molar refractivity (Wildman–Crippen MR) is 65.9 cm³/mol. The molecule has 0 spiro atoms. The summed E-state index contributed by atoms with van der Waals surface area (Å²) in [5, 5.41) is 8.28. The smallest absolute Gasteiger partial charge is 0.151 e. The van der Waals surface area contributed by atoms with Crippen LogP contribution in [0.5, 0.6) is 0 Å². The van der Waals surface area contributed by atoms with Crippen LogP contribution in [0.4, 0.5) is 5.82 Å². The van der Waals surface area contributed by atoms with Crippen molar-refractivity contribution in [2.24, 2.45) is 0 Å². The van der Waals surface area contributed by atoms with E-state index in [0.717, 1.165) is 31.1 Å². The number of rotatable bonds is 2. The van der Waals surface area contributed by atoms with E-state index in [1.54, 1.807) is 0 Å². The zero-order chi connectivity index (χ0) is 11.5. The summed E-state index contributed by atoms with van der Waals surface area (Å²) in [4.78, 5) is 4.63. The van der Waals surface area contributed by atoms with Crippen molar-refractivity contribution in [1.82, 2.24) is 15.1 Å². The van der Waals surface area contributed by atoms with Crippen LogP contribution in [0.2, 0.25) is 0 Å². The molecule has 0 radical (unpaired) electrons. The second-order valence-corrected chi connectivity index (χ2v) is 4.56. The van der Waals surface area contributed by atoms with E-state index in [0.29, 0.717) is 11.9 Å². The minimum atomic E-state index is 0.423. The molecule has 1 aliphatic rings. The van der Waals surface area contributed by atoms with Crippen molar-refractivity contribution in [3.05, 3.63) is 17.8 Å². The first-order valence-corrected chi connectivity index (χ1v) is 6.08. The highest BCUT2D eigenvalue weighted by Crippen LogP contribution is 2.15. The molecule has 5 heteroatoms. The van der Waals surface area contributed by atoms with Gasteiger partial charge in [-0.15, -0.1) is 16.7 Å². The molecule has 1 aromatic heterocycles. The van der Waals surface area contributed by atoms with Gasteiger partial charge in [-0.2, -0.15) is 5.10 Å². The van der Waals surface area contributed by atoms with E-state index >= 15 is 0 Å². The van der Waals surface area contributed by atoms with Gasteiger partial charge in [0.1, 0.15) is 0 Å². The minimum absolute atomic E-state index is 0.423. The van der Waals surface area contributed by atoms with E-state index in [9.17, 15) is 0 Å². The summed E-state index contributed by atoms with van der Waals surface area (Å²) in [6.07, 6.45) is 0. The summed E-state index contributed by atoms with van der Waals surface area (Å²) in [7, 11) is 2.16. The molecule has 1 fully saturated rings. The van der Waals surface area contributed by atoms with Gasteiger partial charge in [0.05, 0.1) is 11.6 Å². The van der Waals surface area contributed by atoms with Gasteiger partial charge in [0.15, 0.2) is 5.82 Å². The zero-order valence-corrected chi connectivity index (χ0v) is 10.5. The van der Waals surface area contributed by atoms with Crippen molar-refractivity contribution in [3.8, 4) is 0 Å². The molecular weight excluding hydrogens is 224 g/mol. The molecule has 0 aromatic carbocycles. The molecule has 1 aliphatic heterocycles. The Hall–Kier alpha value is -0.870. The van der Waals surface area contributed by atoms with E-state index in [-0.39, 0.29) is 0 Å². The van der Waals surface area contributed by atoms with Crippen molar-refractivity contribution < 1.29 is 0 Å². The van der Waals surface area contributed by atoms with Crippen molar-refractivity contribution in [2.75, 3.05) is 31.6 Å². The third-order valence-electron chi connectivity index (χ3n) is 3.13. The Morgan fingerprint density at radius 3 is 2.75 bits per heavy atom. The van der Waals surface area contributed by atoms with Gasteiger partial charge in [-0.1, -0.05) is 0 Å². The average Bonchev–Trinajstić information content (AvgIpc) is 2.33. The molecule has 0 amide bonds. The monoisotopic (exact) mass is 240 g/mol. The average molecular weight is 241 g/mol. The molecule has 1 unspecified atom stereocenters. The lowest BCUT2D eigenvalue weighted by Gasteiger charge is -2.38. The van der Waals surface area contributed by atoms with Crippen LogP contribution in [0, 0.1) is 0 Å². The Morgan fingerprint density at radius 1 is 1.38 bits per heavy atom. The van der Waals surface area contributed by atoms with Crippen LogP contribution in [0.15, 0.2) is 12.1 Å².